The smallest absolute Gasteiger partial charge is 0.346 e. The monoisotopic (exact) mass is 250 g/mol. The molecule has 18 heavy (non-hydrogen) atoms. The Hall–Kier alpha value is -1.65. The number of hydrogen-bond donors (Lipinski definition) is 1. The van der Waals surface area contributed by atoms with Crippen LogP contribution >= 0.6 is 0 Å². The Morgan fingerprint density at radius 1 is 1.39 bits per heavy atom. The van der Waals surface area contributed by atoms with Gasteiger partial charge < -0.3 is 9.72 Å². The lowest BCUT2D eigenvalue weighted by atomic mass is 10.1. The van der Waals surface area contributed by atoms with E-state index in [0.717, 1.165) is 12.8 Å². The van der Waals surface area contributed by atoms with Gasteiger partial charge in [0.15, 0.2) is 0 Å². The molecule has 0 saturated heterocycles. The molecule has 0 atom stereocenters. The number of hydrogen-bond acceptors (Lipinski definition) is 4. The summed E-state index contributed by atoms with van der Waals surface area (Å²) in [5, 5.41) is 0. The number of rotatable bonds is 2. The van der Waals surface area contributed by atoms with Crippen molar-refractivity contribution in [3.63, 3.8) is 0 Å². The number of aromatic amines is 1. The molecule has 0 amide bonds. The van der Waals surface area contributed by atoms with Crippen molar-refractivity contribution >= 4 is 5.97 Å². The number of H-pyrrole nitrogens is 1. The number of ether oxygens (including phenoxy) is 1. The molecule has 0 bridgehead atoms. The van der Waals surface area contributed by atoms with Crippen LogP contribution in [-0.4, -0.2) is 21.5 Å². The SMILES string of the molecule is Cc1nc(C2CC2)[nH]c(=O)c1C(=O)OC(C)(C)C. The number of esters is 1. The first kappa shape index (κ1) is 12.8. The van der Waals surface area contributed by atoms with E-state index in [4.69, 9.17) is 4.74 Å². The van der Waals surface area contributed by atoms with Crippen LogP contribution in [0.4, 0.5) is 0 Å². The van der Waals surface area contributed by atoms with Crippen molar-refractivity contribution in [1.29, 1.82) is 0 Å². The number of aromatic nitrogens is 2. The highest BCUT2D eigenvalue weighted by Crippen LogP contribution is 2.37. The van der Waals surface area contributed by atoms with Crippen LogP contribution in [0.3, 0.4) is 0 Å². The van der Waals surface area contributed by atoms with Gasteiger partial charge in [-0.15, -0.1) is 0 Å². The summed E-state index contributed by atoms with van der Waals surface area (Å²) in [4.78, 5) is 30.8. The van der Waals surface area contributed by atoms with Crippen LogP contribution in [-0.2, 0) is 4.74 Å². The maximum Gasteiger partial charge on any atom is 0.346 e. The summed E-state index contributed by atoms with van der Waals surface area (Å²) < 4.78 is 5.20. The van der Waals surface area contributed by atoms with Crippen molar-refractivity contribution in [2.24, 2.45) is 0 Å². The fourth-order valence-electron chi connectivity index (χ4n) is 1.73. The molecule has 1 N–H and O–H groups in total. The molecular weight excluding hydrogens is 232 g/mol. The van der Waals surface area contributed by atoms with Gasteiger partial charge in [0.05, 0.1) is 5.69 Å². The molecule has 0 spiro atoms. The maximum atomic E-state index is 11.9. The fraction of sp³-hybridized carbons (Fsp3) is 0.615. The minimum absolute atomic E-state index is 0.00863. The molecule has 98 valence electrons. The van der Waals surface area contributed by atoms with Gasteiger partial charge in [-0.25, -0.2) is 9.78 Å². The van der Waals surface area contributed by atoms with Crippen molar-refractivity contribution in [2.75, 3.05) is 0 Å². The van der Waals surface area contributed by atoms with E-state index in [2.05, 4.69) is 9.97 Å². The summed E-state index contributed by atoms with van der Waals surface area (Å²) in [5.41, 5.74) is -0.576. The van der Waals surface area contributed by atoms with Crippen molar-refractivity contribution in [1.82, 2.24) is 9.97 Å². The zero-order valence-electron chi connectivity index (χ0n) is 11.2. The Balaban J connectivity index is 2.33. The zero-order valence-corrected chi connectivity index (χ0v) is 11.2. The van der Waals surface area contributed by atoms with Crippen LogP contribution in [0, 0.1) is 6.92 Å². The Bertz CT molecular complexity index is 536. The minimum Gasteiger partial charge on any atom is -0.456 e. The lowest BCUT2D eigenvalue weighted by Crippen LogP contribution is -2.30. The number of carbonyl (C=O) groups is 1. The minimum atomic E-state index is -0.620. The third kappa shape index (κ3) is 2.78. The average molecular weight is 250 g/mol. The van der Waals surface area contributed by atoms with Crippen LogP contribution in [0.1, 0.15) is 61.4 Å². The van der Waals surface area contributed by atoms with Crippen LogP contribution in [0.5, 0.6) is 0 Å². The van der Waals surface area contributed by atoms with Crippen LogP contribution in [0.25, 0.3) is 0 Å². The second-order valence-corrected chi connectivity index (χ2v) is 5.69. The van der Waals surface area contributed by atoms with E-state index < -0.39 is 17.1 Å². The first-order valence-electron chi connectivity index (χ1n) is 6.12. The third-order valence-electron chi connectivity index (χ3n) is 2.69. The van der Waals surface area contributed by atoms with E-state index in [1.165, 1.54) is 0 Å². The summed E-state index contributed by atoms with van der Waals surface area (Å²) in [6.45, 7) is 6.96. The Kier molecular flexibility index (Phi) is 3.00. The van der Waals surface area contributed by atoms with Crippen LogP contribution in [0.2, 0.25) is 0 Å². The summed E-state index contributed by atoms with van der Waals surface area (Å²) in [6.07, 6.45) is 2.10. The third-order valence-corrected chi connectivity index (χ3v) is 2.69. The largest absolute Gasteiger partial charge is 0.456 e. The van der Waals surface area contributed by atoms with E-state index in [-0.39, 0.29) is 5.56 Å². The van der Waals surface area contributed by atoms with Crippen molar-refractivity contribution < 1.29 is 9.53 Å². The lowest BCUT2D eigenvalue weighted by Gasteiger charge is -2.19. The summed E-state index contributed by atoms with van der Waals surface area (Å²) >= 11 is 0. The van der Waals surface area contributed by atoms with Gasteiger partial charge in [0.1, 0.15) is 17.0 Å². The van der Waals surface area contributed by atoms with Gasteiger partial charge in [-0.3, -0.25) is 4.79 Å². The number of nitrogens with one attached hydrogen (secondary N) is 1. The standard InChI is InChI=1S/C13H18N2O3/c1-7-9(12(17)18-13(2,3)4)11(16)15-10(14-7)8-5-6-8/h8H,5-6H2,1-4H3,(H,14,15,16). The molecule has 0 radical (unpaired) electrons. The van der Waals surface area contributed by atoms with E-state index in [0.29, 0.717) is 17.4 Å². The predicted molar refractivity (Wildman–Crippen MR) is 66.7 cm³/mol. The van der Waals surface area contributed by atoms with Crippen molar-refractivity contribution in [3.05, 3.63) is 27.4 Å². The molecule has 0 aromatic carbocycles. The first-order valence-corrected chi connectivity index (χ1v) is 6.12. The van der Waals surface area contributed by atoms with E-state index in [9.17, 15) is 9.59 Å². The average Bonchev–Trinajstić information content (AvgIpc) is 2.95. The highest BCUT2D eigenvalue weighted by molar-refractivity contribution is 5.90. The molecule has 5 nitrogen and oxygen atoms in total. The summed E-state index contributed by atoms with van der Waals surface area (Å²) in [5.74, 6) is 0.421. The molecule has 1 heterocycles. The molecule has 1 aliphatic carbocycles. The van der Waals surface area contributed by atoms with Gasteiger partial charge in [-0.05, 0) is 40.5 Å². The van der Waals surface area contributed by atoms with Crippen LogP contribution < -0.4 is 5.56 Å². The quantitative estimate of drug-likeness (QED) is 0.814. The Morgan fingerprint density at radius 2 is 2.00 bits per heavy atom. The molecule has 2 rings (SSSR count). The number of carbonyl (C=O) groups excluding carboxylic acids is 1. The van der Waals surface area contributed by atoms with Gasteiger partial charge >= 0.3 is 5.97 Å². The highest BCUT2D eigenvalue weighted by Gasteiger charge is 2.29. The summed E-state index contributed by atoms with van der Waals surface area (Å²) in [7, 11) is 0. The van der Waals surface area contributed by atoms with Gasteiger partial charge in [0, 0.05) is 5.92 Å². The molecule has 1 saturated carbocycles. The molecule has 1 aliphatic rings. The Morgan fingerprint density at radius 3 is 2.44 bits per heavy atom. The molecular formula is C13H18N2O3. The van der Waals surface area contributed by atoms with Gasteiger partial charge in [0.25, 0.3) is 5.56 Å². The van der Waals surface area contributed by atoms with Crippen molar-refractivity contribution in [3.8, 4) is 0 Å². The molecule has 1 fully saturated rings. The zero-order chi connectivity index (χ0) is 13.5. The molecule has 5 heteroatoms. The number of nitrogens with zero attached hydrogens (tertiary/aromatic N) is 1. The second kappa shape index (κ2) is 4.23. The second-order valence-electron chi connectivity index (χ2n) is 5.69. The highest BCUT2D eigenvalue weighted by atomic mass is 16.6. The molecule has 1 aromatic rings. The van der Waals surface area contributed by atoms with Crippen molar-refractivity contribution in [2.45, 2.75) is 52.1 Å². The molecule has 1 aromatic heterocycles. The van der Waals surface area contributed by atoms with Gasteiger partial charge in [0.2, 0.25) is 0 Å². The van der Waals surface area contributed by atoms with E-state index in [1.807, 2.05) is 0 Å². The normalized spacial score (nSPS) is 15.6. The first-order chi connectivity index (χ1) is 8.28. The van der Waals surface area contributed by atoms with E-state index >= 15 is 0 Å². The fourth-order valence-corrected chi connectivity index (χ4v) is 1.73. The lowest BCUT2D eigenvalue weighted by molar-refractivity contribution is 0.00660. The maximum absolute atomic E-state index is 11.9. The van der Waals surface area contributed by atoms with Crippen LogP contribution in [0.15, 0.2) is 4.79 Å². The Labute approximate surface area is 106 Å². The predicted octanol–water partition coefficient (Wildman–Crippen LogP) is 1.91. The topological polar surface area (TPSA) is 72.0 Å². The van der Waals surface area contributed by atoms with Gasteiger partial charge in [-0.2, -0.15) is 0 Å². The molecule has 0 unspecified atom stereocenters. The van der Waals surface area contributed by atoms with Gasteiger partial charge in [-0.1, -0.05) is 0 Å². The molecule has 0 aliphatic heterocycles. The summed E-state index contributed by atoms with van der Waals surface area (Å²) in [6, 6.07) is 0. The van der Waals surface area contributed by atoms with E-state index in [1.54, 1.807) is 27.7 Å². The number of aryl methyl sites for hydroxylation is 1.